The van der Waals surface area contributed by atoms with Crippen LogP contribution in [0.1, 0.15) is 24.2 Å². The van der Waals surface area contributed by atoms with Gasteiger partial charge >= 0.3 is 5.97 Å². The monoisotopic (exact) mass is 404 g/mol. The minimum absolute atomic E-state index is 0.00384. The van der Waals surface area contributed by atoms with Crippen molar-refractivity contribution < 1.29 is 19.0 Å². The van der Waals surface area contributed by atoms with Crippen molar-refractivity contribution in [1.82, 2.24) is 9.99 Å². The van der Waals surface area contributed by atoms with E-state index >= 15 is 4.39 Å². The predicted molar refractivity (Wildman–Crippen MR) is 108 cm³/mol. The summed E-state index contributed by atoms with van der Waals surface area (Å²) < 4.78 is 22.7. The Morgan fingerprint density at radius 2 is 2.17 bits per heavy atom. The third-order valence-corrected chi connectivity index (χ3v) is 5.89. The van der Waals surface area contributed by atoms with E-state index in [2.05, 4.69) is 19.2 Å². The van der Waals surface area contributed by atoms with Gasteiger partial charge in [-0.25, -0.2) is 9.18 Å². The van der Waals surface area contributed by atoms with Gasteiger partial charge in [0.1, 0.15) is 16.8 Å². The molecule has 0 bridgehead atoms. The highest BCUT2D eigenvalue weighted by Crippen LogP contribution is 2.42. The molecule has 8 nitrogen and oxygen atoms in total. The van der Waals surface area contributed by atoms with Crippen LogP contribution < -0.4 is 25.4 Å². The van der Waals surface area contributed by atoms with Gasteiger partial charge in [-0.2, -0.15) is 0 Å². The van der Waals surface area contributed by atoms with Crippen molar-refractivity contribution >= 4 is 22.6 Å². The van der Waals surface area contributed by atoms with Crippen molar-refractivity contribution in [2.75, 3.05) is 49.9 Å². The quantitative estimate of drug-likeness (QED) is 0.780. The van der Waals surface area contributed by atoms with Crippen LogP contribution in [0.3, 0.4) is 0 Å². The van der Waals surface area contributed by atoms with Crippen LogP contribution >= 0.6 is 0 Å². The average molecular weight is 404 g/mol. The third-order valence-electron chi connectivity index (χ3n) is 5.89. The summed E-state index contributed by atoms with van der Waals surface area (Å²) in [7, 11) is 1.71. The molecule has 9 heteroatoms. The van der Waals surface area contributed by atoms with E-state index < -0.39 is 22.8 Å². The largest absolute Gasteiger partial charge is 0.477 e. The Balaban J connectivity index is 1.88. The Hall–Kier alpha value is -2.81. The Morgan fingerprint density at radius 1 is 1.41 bits per heavy atom. The lowest BCUT2D eigenvalue weighted by molar-refractivity contribution is 0.0694. The number of pyridine rings is 1. The van der Waals surface area contributed by atoms with Gasteiger partial charge in [0.15, 0.2) is 18.3 Å². The predicted octanol–water partition coefficient (Wildman–Crippen LogP) is 1.44. The number of carbonyl (C=O) groups is 1. The van der Waals surface area contributed by atoms with Gasteiger partial charge in [-0.05, 0) is 31.0 Å². The zero-order valence-electron chi connectivity index (χ0n) is 16.7. The summed E-state index contributed by atoms with van der Waals surface area (Å²) in [5, 5.41) is 14.4. The van der Waals surface area contributed by atoms with Crippen molar-refractivity contribution in [1.29, 1.82) is 0 Å². The number of ether oxygens (including phenoxy) is 1. The maximum atomic E-state index is 15.2. The highest BCUT2D eigenvalue weighted by molar-refractivity contribution is 5.97. The minimum atomic E-state index is -1.34. The molecule has 2 N–H and O–H groups in total. The molecule has 0 saturated carbocycles. The molecule has 0 radical (unpaired) electrons. The van der Waals surface area contributed by atoms with Gasteiger partial charge in [0.2, 0.25) is 5.43 Å². The normalized spacial score (nSPS) is 21.0. The van der Waals surface area contributed by atoms with E-state index in [0.717, 1.165) is 19.2 Å². The number of anilines is 1. The second-order valence-electron chi connectivity index (χ2n) is 7.84. The van der Waals surface area contributed by atoms with E-state index in [9.17, 15) is 14.7 Å². The summed E-state index contributed by atoms with van der Waals surface area (Å²) in [6.45, 7) is 7.42. The summed E-state index contributed by atoms with van der Waals surface area (Å²) >= 11 is 0. The summed E-state index contributed by atoms with van der Waals surface area (Å²) in [6.07, 6.45) is 1.28. The second kappa shape index (κ2) is 7.22. The summed E-state index contributed by atoms with van der Waals surface area (Å²) in [6, 6.07) is 1.14. The summed E-state index contributed by atoms with van der Waals surface area (Å²) in [5.74, 6) is -0.867. The summed E-state index contributed by atoms with van der Waals surface area (Å²) in [5.41, 5.74) is -0.375. The molecule has 2 unspecified atom stereocenters. The van der Waals surface area contributed by atoms with Gasteiger partial charge in [-0.3, -0.25) is 14.5 Å². The van der Waals surface area contributed by atoms with E-state index in [0.29, 0.717) is 41.9 Å². The highest BCUT2D eigenvalue weighted by Gasteiger charge is 2.35. The van der Waals surface area contributed by atoms with Crippen molar-refractivity contribution in [3.8, 4) is 5.75 Å². The van der Waals surface area contributed by atoms with Crippen LogP contribution in [0.5, 0.6) is 5.75 Å². The average Bonchev–Trinajstić information content (AvgIpc) is 3.04. The lowest BCUT2D eigenvalue weighted by atomic mass is 9.98. The number of carboxylic acid groups (broad SMARTS) is 1. The van der Waals surface area contributed by atoms with Crippen LogP contribution in [-0.4, -0.2) is 55.7 Å². The molecule has 2 aliphatic rings. The molecule has 0 amide bonds. The van der Waals surface area contributed by atoms with Crippen LogP contribution in [0.2, 0.25) is 0 Å². The van der Waals surface area contributed by atoms with Gasteiger partial charge < -0.3 is 20.1 Å². The standard InChI is InChI=1S/C20H25FN4O4/c1-4-22-6-12-8-24(7-11(12)2)17-15(21)5-13-16-19(17)29-10-23(3)25(16)9-14(18(13)26)20(27)28/h5,9,11-12,22H,4,6-8,10H2,1-3H3,(H,27,28). The molecule has 29 heavy (non-hydrogen) atoms. The van der Waals surface area contributed by atoms with Gasteiger partial charge in [-0.15, -0.1) is 0 Å². The lowest BCUT2D eigenvalue weighted by Gasteiger charge is -2.33. The van der Waals surface area contributed by atoms with Gasteiger partial charge in [0.25, 0.3) is 0 Å². The van der Waals surface area contributed by atoms with E-state index in [-0.39, 0.29) is 12.1 Å². The molecule has 0 spiro atoms. The Morgan fingerprint density at radius 3 is 2.86 bits per heavy atom. The van der Waals surface area contributed by atoms with E-state index in [1.165, 1.54) is 6.20 Å². The zero-order valence-corrected chi connectivity index (χ0v) is 16.7. The van der Waals surface area contributed by atoms with Crippen LogP contribution in [-0.2, 0) is 0 Å². The number of hydrogen-bond acceptors (Lipinski definition) is 6. The molecule has 1 aromatic carbocycles. The first-order chi connectivity index (χ1) is 13.8. The molecule has 1 aromatic heterocycles. The fraction of sp³-hybridized carbons (Fsp3) is 0.500. The first kappa shape index (κ1) is 19.5. The molecule has 0 aliphatic carbocycles. The molecule has 1 saturated heterocycles. The molecular formula is C20H25FN4O4. The number of aromatic carboxylic acids is 1. The topological polar surface area (TPSA) is 87.0 Å². The Kier molecular flexibility index (Phi) is 4.85. The highest BCUT2D eigenvalue weighted by atomic mass is 19.1. The number of carboxylic acids is 1. The van der Waals surface area contributed by atoms with Crippen LogP contribution in [0.15, 0.2) is 17.1 Å². The van der Waals surface area contributed by atoms with E-state index in [1.807, 2.05) is 4.90 Å². The van der Waals surface area contributed by atoms with E-state index in [1.54, 1.807) is 16.7 Å². The van der Waals surface area contributed by atoms with Crippen molar-refractivity contribution in [2.24, 2.45) is 11.8 Å². The second-order valence-corrected chi connectivity index (χ2v) is 7.84. The van der Waals surface area contributed by atoms with Crippen molar-refractivity contribution in [3.63, 3.8) is 0 Å². The summed E-state index contributed by atoms with van der Waals surface area (Å²) in [4.78, 5) is 26.1. The Labute approximate surface area is 167 Å². The number of hydrogen-bond donors (Lipinski definition) is 2. The molecule has 3 heterocycles. The Bertz CT molecular complexity index is 1040. The van der Waals surface area contributed by atoms with Crippen molar-refractivity contribution in [2.45, 2.75) is 13.8 Å². The lowest BCUT2D eigenvalue weighted by Crippen LogP contribution is -2.40. The molecule has 2 aromatic rings. The van der Waals surface area contributed by atoms with Gasteiger partial charge in [-0.1, -0.05) is 13.8 Å². The number of aromatic nitrogens is 1. The first-order valence-corrected chi connectivity index (χ1v) is 9.78. The molecular weight excluding hydrogens is 379 g/mol. The molecule has 2 atom stereocenters. The smallest absolute Gasteiger partial charge is 0.341 e. The zero-order chi connectivity index (χ0) is 20.9. The number of rotatable bonds is 5. The fourth-order valence-corrected chi connectivity index (χ4v) is 4.28. The number of nitrogens with one attached hydrogen (secondary N) is 1. The molecule has 1 fully saturated rings. The first-order valence-electron chi connectivity index (χ1n) is 9.78. The van der Waals surface area contributed by atoms with Gasteiger partial charge in [0, 0.05) is 26.3 Å². The van der Waals surface area contributed by atoms with Crippen LogP contribution in [0.25, 0.3) is 10.9 Å². The maximum absolute atomic E-state index is 15.2. The third kappa shape index (κ3) is 3.09. The number of nitrogens with zero attached hydrogens (tertiary/aromatic N) is 3. The molecule has 4 rings (SSSR count). The van der Waals surface area contributed by atoms with Crippen LogP contribution in [0, 0.1) is 17.7 Å². The van der Waals surface area contributed by atoms with Crippen LogP contribution in [0.4, 0.5) is 10.1 Å². The van der Waals surface area contributed by atoms with Gasteiger partial charge in [0.05, 0.1) is 5.39 Å². The van der Waals surface area contributed by atoms with E-state index in [4.69, 9.17) is 4.74 Å². The van der Waals surface area contributed by atoms with Crippen molar-refractivity contribution in [3.05, 3.63) is 33.9 Å². The SMILES string of the molecule is CCNCC1CN(c2c(F)cc3c(=O)c(C(=O)O)cn4c3c2OCN4C)CC1C. The number of halogens is 1. The minimum Gasteiger partial charge on any atom is -0.477 e. The molecule has 156 valence electrons. The number of benzene rings is 1. The maximum Gasteiger partial charge on any atom is 0.341 e. The fourth-order valence-electron chi connectivity index (χ4n) is 4.28. The molecule has 2 aliphatic heterocycles.